The van der Waals surface area contributed by atoms with Gasteiger partial charge in [-0.25, -0.2) is 15.0 Å². The smallest absolute Gasteiger partial charge is 0.166 e. The molecule has 64 heavy (non-hydrogen) atoms. The molecule has 0 radical (unpaired) electrons. The maximum atomic E-state index is 6.96. The molecular weight excluding hydrogens is 781 g/mol. The zero-order valence-corrected chi connectivity index (χ0v) is 34.3. The number of fused-ring (bicyclic) bond motifs is 13. The zero-order chi connectivity index (χ0) is 41.9. The highest BCUT2D eigenvalue weighted by molar-refractivity contribution is 6.17. The van der Waals surface area contributed by atoms with Crippen molar-refractivity contribution in [2.75, 3.05) is 0 Å². The van der Waals surface area contributed by atoms with E-state index in [-0.39, 0.29) is 0 Å². The highest BCUT2D eigenvalue weighted by Gasteiger charge is 2.25. The van der Waals surface area contributed by atoms with Gasteiger partial charge in [-0.1, -0.05) is 158 Å². The molecule has 0 aliphatic rings. The number of nitrogens with zero attached hydrogens (tertiary/aromatic N) is 4. The van der Waals surface area contributed by atoms with Crippen LogP contribution in [0.5, 0.6) is 0 Å². The van der Waals surface area contributed by atoms with E-state index < -0.39 is 0 Å². The van der Waals surface area contributed by atoms with Gasteiger partial charge in [0.25, 0.3) is 0 Å². The number of hydrogen-bond acceptors (Lipinski definition) is 4. The van der Waals surface area contributed by atoms with Gasteiger partial charge in [-0.05, 0) is 102 Å². The van der Waals surface area contributed by atoms with Crippen molar-refractivity contribution in [1.29, 1.82) is 0 Å². The van der Waals surface area contributed by atoms with Crippen LogP contribution in [0, 0.1) is 0 Å². The van der Waals surface area contributed by atoms with E-state index in [1.54, 1.807) is 0 Å². The molecular formula is C59H34N4O. The summed E-state index contributed by atoms with van der Waals surface area (Å²) in [5.41, 5.74) is 7.29. The minimum atomic E-state index is 0.557. The van der Waals surface area contributed by atoms with Crippen molar-refractivity contribution in [3.05, 3.63) is 206 Å². The third-order valence-corrected chi connectivity index (χ3v) is 13.2. The van der Waals surface area contributed by atoms with Gasteiger partial charge in [-0.15, -0.1) is 0 Å². The molecule has 0 saturated carbocycles. The second-order valence-corrected chi connectivity index (χ2v) is 16.8. The molecule has 5 heteroatoms. The topological polar surface area (TPSA) is 56.7 Å². The Hall–Kier alpha value is -8.67. The van der Waals surface area contributed by atoms with Gasteiger partial charge in [-0.2, -0.15) is 0 Å². The molecule has 0 atom stereocenters. The van der Waals surface area contributed by atoms with E-state index in [0.29, 0.717) is 17.5 Å². The van der Waals surface area contributed by atoms with Crippen molar-refractivity contribution in [2.45, 2.75) is 0 Å². The summed E-state index contributed by atoms with van der Waals surface area (Å²) in [4.78, 5) is 16.2. The van der Waals surface area contributed by atoms with Crippen LogP contribution in [0.4, 0.5) is 0 Å². The second kappa shape index (κ2) is 13.4. The van der Waals surface area contributed by atoms with Crippen LogP contribution in [0.25, 0.3) is 137 Å². The number of hydrogen-bond donors (Lipinski definition) is 0. The standard InChI is InChI=1S/C59H34N4O/c1-2-14-38-34-53-51(33-37(38)13-1)47-17-7-9-19-52(47)63(53)55-50(30-29-49-48-18-8-10-20-54(48)64-56(49)55)59-61-57(41-25-27-45-39(31-41)23-21-35-11-3-5-15-43(35)45)60-58(62-59)42-26-28-46-40(32-42)24-22-36-12-4-6-16-44(36)46/h1-34H. The van der Waals surface area contributed by atoms with Crippen LogP contribution in [-0.4, -0.2) is 19.5 Å². The van der Waals surface area contributed by atoms with Gasteiger partial charge in [0, 0.05) is 38.2 Å². The first kappa shape index (κ1) is 35.0. The Bertz CT molecular complexity index is 4140. The molecule has 0 bridgehead atoms. The predicted molar refractivity (Wildman–Crippen MR) is 265 cm³/mol. The van der Waals surface area contributed by atoms with Crippen molar-refractivity contribution in [2.24, 2.45) is 0 Å². The maximum Gasteiger partial charge on any atom is 0.166 e. The summed E-state index contributed by atoms with van der Waals surface area (Å²) in [6, 6.07) is 73.4. The van der Waals surface area contributed by atoms with Crippen molar-refractivity contribution in [3.8, 4) is 39.9 Å². The summed E-state index contributed by atoms with van der Waals surface area (Å²) in [7, 11) is 0. The van der Waals surface area contributed by atoms with E-state index in [0.717, 1.165) is 82.3 Å². The third kappa shape index (κ3) is 5.22. The van der Waals surface area contributed by atoms with Crippen LogP contribution in [-0.2, 0) is 0 Å². The lowest BCUT2D eigenvalue weighted by Crippen LogP contribution is -2.04. The minimum Gasteiger partial charge on any atom is -0.454 e. The molecule has 296 valence electrons. The average molecular weight is 815 g/mol. The van der Waals surface area contributed by atoms with Crippen molar-refractivity contribution < 1.29 is 4.42 Å². The molecule has 0 spiro atoms. The maximum absolute atomic E-state index is 6.96. The summed E-state index contributed by atoms with van der Waals surface area (Å²) in [6.45, 7) is 0. The SMILES string of the molecule is c1ccc2cc3c(cc2c1)c1ccccc1n3-c1c(-c2nc(-c3ccc4c(ccc5ccccc54)c3)nc(-c3ccc4c(ccc5ccccc54)c3)n2)ccc2c1oc1ccccc12. The third-order valence-electron chi connectivity index (χ3n) is 13.2. The van der Waals surface area contributed by atoms with Crippen molar-refractivity contribution >= 4 is 97.6 Å². The second-order valence-electron chi connectivity index (χ2n) is 16.8. The summed E-state index contributed by atoms with van der Waals surface area (Å²) in [5, 5.41) is 16.2. The number of aromatic nitrogens is 4. The Morgan fingerprint density at radius 3 is 1.48 bits per heavy atom. The molecule has 0 saturated heterocycles. The van der Waals surface area contributed by atoms with Crippen molar-refractivity contribution in [1.82, 2.24) is 19.5 Å². The molecule has 14 aromatic rings. The summed E-state index contributed by atoms with van der Waals surface area (Å²) in [6.07, 6.45) is 0. The van der Waals surface area contributed by atoms with Gasteiger partial charge in [0.1, 0.15) is 11.3 Å². The monoisotopic (exact) mass is 814 g/mol. The Labute approximate surface area is 366 Å². The average Bonchev–Trinajstić information content (AvgIpc) is 3.90. The first-order chi connectivity index (χ1) is 31.7. The summed E-state index contributed by atoms with van der Waals surface area (Å²) >= 11 is 0. The van der Waals surface area contributed by atoms with E-state index in [1.165, 1.54) is 37.7 Å². The summed E-state index contributed by atoms with van der Waals surface area (Å²) in [5.74, 6) is 1.75. The molecule has 0 aliphatic heterocycles. The van der Waals surface area contributed by atoms with Gasteiger partial charge in [0.2, 0.25) is 0 Å². The normalized spacial score (nSPS) is 12.1. The fourth-order valence-corrected chi connectivity index (χ4v) is 10.1. The van der Waals surface area contributed by atoms with Crippen molar-refractivity contribution in [3.63, 3.8) is 0 Å². The molecule has 3 aromatic heterocycles. The Morgan fingerprint density at radius 2 is 0.812 bits per heavy atom. The lowest BCUT2D eigenvalue weighted by molar-refractivity contribution is 0.666. The molecule has 5 nitrogen and oxygen atoms in total. The highest BCUT2D eigenvalue weighted by atomic mass is 16.3. The largest absolute Gasteiger partial charge is 0.454 e. The summed E-state index contributed by atoms with van der Waals surface area (Å²) < 4.78 is 9.32. The van der Waals surface area contributed by atoms with E-state index in [1.807, 2.05) is 12.1 Å². The molecule has 0 unspecified atom stereocenters. The lowest BCUT2D eigenvalue weighted by Gasteiger charge is -2.16. The quantitative estimate of drug-likeness (QED) is 0.166. The van der Waals surface area contributed by atoms with E-state index in [2.05, 4.69) is 199 Å². The van der Waals surface area contributed by atoms with Crippen LogP contribution in [0.15, 0.2) is 211 Å². The number of benzene rings is 11. The van der Waals surface area contributed by atoms with Gasteiger partial charge in [0.15, 0.2) is 23.1 Å². The Morgan fingerprint density at radius 1 is 0.312 bits per heavy atom. The van der Waals surface area contributed by atoms with E-state index in [4.69, 9.17) is 19.4 Å². The molecule has 0 fully saturated rings. The number of rotatable bonds is 4. The van der Waals surface area contributed by atoms with Gasteiger partial charge < -0.3 is 8.98 Å². The number of furan rings is 1. The van der Waals surface area contributed by atoms with Gasteiger partial charge in [0.05, 0.1) is 11.0 Å². The van der Waals surface area contributed by atoms with Crippen LogP contribution in [0.1, 0.15) is 0 Å². The highest BCUT2D eigenvalue weighted by Crippen LogP contribution is 2.44. The fraction of sp³-hybridized carbons (Fsp3) is 0. The van der Waals surface area contributed by atoms with E-state index >= 15 is 0 Å². The molecule has 0 N–H and O–H groups in total. The van der Waals surface area contributed by atoms with Gasteiger partial charge in [-0.3, -0.25) is 0 Å². The fourth-order valence-electron chi connectivity index (χ4n) is 10.1. The molecule has 11 aromatic carbocycles. The lowest BCUT2D eigenvalue weighted by atomic mass is 9.99. The zero-order valence-electron chi connectivity index (χ0n) is 34.3. The van der Waals surface area contributed by atoms with E-state index in [9.17, 15) is 0 Å². The van der Waals surface area contributed by atoms with Crippen LogP contribution in [0.3, 0.4) is 0 Å². The van der Waals surface area contributed by atoms with Gasteiger partial charge >= 0.3 is 0 Å². The Balaban J connectivity index is 1.08. The first-order valence-corrected chi connectivity index (χ1v) is 21.7. The predicted octanol–water partition coefficient (Wildman–Crippen LogP) is 15.6. The molecule has 0 amide bonds. The Kier molecular flexibility index (Phi) is 7.33. The minimum absolute atomic E-state index is 0.557. The van der Waals surface area contributed by atoms with Crippen LogP contribution >= 0.6 is 0 Å². The first-order valence-electron chi connectivity index (χ1n) is 21.7. The van der Waals surface area contributed by atoms with Crippen LogP contribution in [0.2, 0.25) is 0 Å². The molecule has 3 heterocycles. The molecule has 14 rings (SSSR count). The van der Waals surface area contributed by atoms with Crippen LogP contribution < -0.4 is 0 Å². The molecule has 0 aliphatic carbocycles. The number of para-hydroxylation sites is 2.